The van der Waals surface area contributed by atoms with Crippen LogP contribution >= 0.6 is 0 Å². The first-order chi connectivity index (χ1) is 10.6. The number of nitrogens with one attached hydrogen (secondary N) is 1. The van der Waals surface area contributed by atoms with Crippen LogP contribution in [-0.2, 0) is 9.59 Å². The van der Waals surface area contributed by atoms with Crippen molar-refractivity contribution in [3.8, 4) is 0 Å². The molecule has 0 unspecified atom stereocenters. The number of benzene rings is 1. The number of carbonyl (C=O) groups is 2. The Morgan fingerprint density at radius 2 is 1.95 bits per heavy atom. The summed E-state index contributed by atoms with van der Waals surface area (Å²) in [7, 11) is 0. The first-order valence-corrected chi connectivity index (χ1v) is 7.30. The zero-order valence-electron chi connectivity index (χ0n) is 12.2. The van der Waals surface area contributed by atoms with Crippen LogP contribution in [0.15, 0.2) is 30.3 Å². The number of nitrogens with zero attached hydrogens (tertiary/aromatic N) is 1. The van der Waals surface area contributed by atoms with Gasteiger partial charge < -0.3 is 5.32 Å². The number of hydrogen-bond acceptors (Lipinski definition) is 4. The van der Waals surface area contributed by atoms with E-state index in [1.807, 2.05) is 0 Å². The van der Waals surface area contributed by atoms with Gasteiger partial charge in [-0.1, -0.05) is 25.0 Å². The third kappa shape index (κ3) is 4.51. The molecule has 0 atom stereocenters. The SMILES string of the molecule is O=C(C=Cc1ccccc1[N+](=O)[O-])CC(=O)NC1CCCC1. The predicted molar refractivity (Wildman–Crippen MR) is 82.2 cm³/mol. The summed E-state index contributed by atoms with van der Waals surface area (Å²) in [5, 5.41) is 13.7. The van der Waals surface area contributed by atoms with Gasteiger partial charge in [0.05, 0.1) is 16.9 Å². The van der Waals surface area contributed by atoms with Crippen LogP contribution < -0.4 is 5.32 Å². The molecule has 6 nitrogen and oxygen atoms in total. The summed E-state index contributed by atoms with van der Waals surface area (Å²) < 4.78 is 0. The summed E-state index contributed by atoms with van der Waals surface area (Å²) in [5.41, 5.74) is 0.277. The van der Waals surface area contributed by atoms with Gasteiger partial charge in [-0.05, 0) is 31.1 Å². The van der Waals surface area contributed by atoms with Crippen molar-refractivity contribution >= 4 is 23.5 Å². The molecule has 1 saturated carbocycles. The number of nitro groups is 1. The molecule has 116 valence electrons. The molecule has 2 rings (SSSR count). The molecule has 0 saturated heterocycles. The van der Waals surface area contributed by atoms with E-state index in [0.717, 1.165) is 25.7 Å². The van der Waals surface area contributed by atoms with E-state index >= 15 is 0 Å². The summed E-state index contributed by atoms with van der Waals surface area (Å²) in [5.74, 6) is -0.655. The summed E-state index contributed by atoms with van der Waals surface area (Å²) in [6.07, 6.45) is 6.51. The molecule has 0 radical (unpaired) electrons. The Bertz CT molecular complexity index is 604. The first kappa shape index (κ1) is 15.9. The second kappa shape index (κ2) is 7.49. The topological polar surface area (TPSA) is 89.3 Å². The van der Waals surface area contributed by atoms with Crippen LogP contribution in [0.1, 0.15) is 37.7 Å². The Hall–Kier alpha value is -2.50. The fourth-order valence-electron chi connectivity index (χ4n) is 2.54. The molecule has 0 aliphatic heterocycles. The minimum atomic E-state index is -0.503. The van der Waals surface area contributed by atoms with E-state index in [9.17, 15) is 19.7 Å². The van der Waals surface area contributed by atoms with Crippen molar-refractivity contribution in [1.82, 2.24) is 5.32 Å². The fourth-order valence-corrected chi connectivity index (χ4v) is 2.54. The average Bonchev–Trinajstić information content (AvgIpc) is 2.98. The largest absolute Gasteiger partial charge is 0.353 e. The van der Waals surface area contributed by atoms with E-state index < -0.39 is 4.92 Å². The molecule has 22 heavy (non-hydrogen) atoms. The Balaban J connectivity index is 1.91. The fraction of sp³-hybridized carbons (Fsp3) is 0.375. The van der Waals surface area contributed by atoms with Crippen molar-refractivity contribution in [1.29, 1.82) is 0 Å². The number of amides is 1. The molecule has 1 aromatic rings. The highest BCUT2D eigenvalue weighted by Gasteiger charge is 2.18. The maximum atomic E-state index is 11.8. The van der Waals surface area contributed by atoms with Gasteiger partial charge in [-0.3, -0.25) is 19.7 Å². The van der Waals surface area contributed by atoms with Crippen molar-refractivity contribution < 1.29 is 14.5 Å². The Kier molecular flexibility index (Phi) is 5.41. The maximum absolute atomic E-state index is 11.8. The van der Waals surface area contributed by atoms with Gasteiger partial charge in [-0.2, -0.15) is 0 Å². The molecule has 1 amide bonds. The Labute approximate surface area is 128 Å². The minimum Gasteiger partial charge on any atom is -0.353 e. The zero-order valence-corrected chi connectivity index (χ0v) is 12.2. The van der Waals surface area contributed by atoms with Gasteiger partial charge in [0.2, 0.25) is 5.91 Å². The van der Waals surface area contributed by atoms with E-state index in [2.05, 4.69) is 5.32 Å². The monoisotopic (exact) mass is 302 g/mol. The second-order valence-corrected chi connectivity index (χ2v) is 5.34. The van der Waals surface area contributed by atoms with E-state index in [1.165, 1.54) is 18.2 Å². The lowest BCUT2D eigenvalue weighted by Gasteiger charge is -2.10. The van der Waals surface area contributed by atoms with Crippen LogP contribution in [0.5, 0.6) is 0 Å². The van der Waals surface area contributed by atoms with Crippen LogP contribution in [0.3, 0.4) is 0 Å². The van der Waals surface area contributed by atoms with Crippen molar-refractivity contribution in [2.75, 3.05) is 0 Å². The standard InChI is InChI=1S/C16H18N2O4/c19-14(11-16(20)17-13-6-2-3-7-13)10-9-12-5-1-4-8-15(12)18(21)22/h1,4-5,8-10,13H,2-3,6-7,11H2,(H,17,20). The molecule has 0 aromatic heterocycles. The number of carbonyl (C=O) groups excluding carboxylic acids is 2. The van der Waals surface area contributed by atoms with Gasteiger partial charge in [0.15, 0.2) is 5.78 Å². The number of rotatable bonds is 6. The third-order valence-electron chi connectivity index (χ3n) is 3.64. The molecule has 1 aliphatic carbocycles. The van der Waals surface area contributed by atoms with Gasteiger partial charge in [0, 0.05) is 12.1 Å². The molecule has 1 fully saturated rings. The Morgan fingerprint density at radius 1 is 1.27 bits per heavy atom. The zero-order chi connectivity index (χ0) is 15.9. The summed E-state index contributed by atoms with van der Waals surface area (Å²) in [6.45, 7) is 0. The molecular weight excluding hydrogens is 284 g/mol. The van der Waals surface area contributed by atoms with Gasteiger partial charge in [-0.25, -0.2) is 0 Å². The van der Waals surface area contributed by atoms with Gasteiger partial charge in [0.25, 0.3) is 5.69 Å². The van der Waals surface area contributed by atoms with Crippen LogP contribution in [0.2, 0.25) is 0 Å². The van der Waals surface area contributed by atoms with Crippen LogP contribution in [-0.4, -0.2) is 22.7 Å². The summed E-state index contributed by atoms with van der Waals surface area (Å²) >= 11 is 0. The number of allylic oxidation sites excluding steroid dienone is 1. The van der Waals surface area contributed by atoms with E-state index in [-0.39, 0.29) is 29.8 Å². The van der Waals surface area contributed by atoms with Crippen molar-refractivity contribution in [2.45, 2.75) is 38.1 Å². The number of ketones is 1. The molecule has 0 heterocycles. The molecule has 6 heteroatoms. The molecule has 1 aliphatic rings. The molecule has 0 spiro atoms. The molecule has 1 aromatic carbocycles. The lowest BCUT2D eigenvalue weighted by Crippen LogP contribution is -2.33. The quantitative estimate of drug-likeness (QED) is 0.378. The third-order valence-corrected chi connectivity index (χ3v) is 3.64. The summed E-state index contributed by atoms with van der Waals surface area (Å²) in [6, 6.07) is 6.33. The smallest absolute Gasteiger partial charge is 0.276 e. The van der Waals surface area contributed by atoms with E-state index in [4.69, 9.17) is 0 Å². The predicted octanol–water partition coefficient (Wildman–Crippen LogP) is 2.63. The molecule has 0 bridgehead atoms. The van der Waals surface area contributed by atoms with Crippen LogP contribution in [0, 0.1) is 10.1 Å². The van der Waals surface area contributed by atoms with Crippen LogP contribution in [0.25, 0.3) is 6.08 Å². The highest BCUT2D eigenvalue weighted by Crippen LogP contribution is 2.19. The van der Waals surface area contributed by atoms with Crippen LogP contribution in [0.4, 0.5) is 5.69 Å². The van der Waals surface area contributed by atoms with E-state index in [0.29, 0.717) is 5.56 Å². The molecule has 1 N–H and O–H groups in total. The Morgan fingerprint density at radius 3 is 2.64 bits per heavy atom. The van der Waals surface area contributed by atoms with Crippen molar-refractivity contribution in [2.24, 2.45) is 0 Å². The minimum absolute atomic E-state index is 0.0676. The van der Waals surface area contributed by atoms with Crippen molar-refractivity contribution in [3.63, 3.8) is 0 Å². The average molecular weight is 302 g/mol. The molecular formula is C16H18N2O4. The van der Waals surface area contributed by atoms with Crippen molar-refractivity contribution in [3.05, 3.63) is 46.0 Å². The second-order valence-electron chi connectivity index (χ2n) is 5.34. The maximum Gasteiger partial charge on any atom is 0.276 e. The van der Waals surface area contributed by atoms with Gasteiger partial charge in [-0.15, -0.1) is 0 Å². The normalized spacial score (nSPS) is 15.1. The highest BCUT2D eigenvalue weighted by atomic mass is 16.6. The van der Waals surface area contributed by atoms with E-state index in [1.54, 1.807) is 18.2 Å². The number of para-hydroxylation sites is 1. The number of hydrogen-bond donors (Lipinski definition) is 1. The number of nitro benzene ring substituents is 1. The van der Waals surface area contributed by atoms with Gasteiger partial charge >= 0.3 is 0 Å². The highest BCUT2D eigenvalue weighted by molar-refractivity contribution is 6.05. The first-order valence-electron chi connectivity index (χ1n) is 7.30. The summed E-state index contributed by atoms with van der Waals surface area (Å²) in [4.78, 5) is 33.8. The lowest BCUT2D eigenvalue weighted by molar-refractivity contribution is -0.385. The lowest BCUT2D eigenvalue weighted by atomic mass is 10.1. The van der Waals surface area contributed by atoms with Gasteiger partial charge in [0.1, 0.15) is 0 Å².